The zero-order valence-electron chi connectivity index (χ0n) is 10.4. The molecule has 2 N–H and O–H groups in total. The van der Waals surface area contributed by atoms with Crippen molar-refractivity contribution in [1.29, 1.82) is 0 Å². The normalized spacial score (nSPS) is 11.2. The highest BCUT2D eigenvalue weighted by atomic mass is 16.2. The van der Waals surface area contributed by atoms with Gasteiger partial charge in [0.15, 0.2) is 0 Å². The maximum absolute atomic E-state index is 12.0. The molecule has 0 aliphatic heterocycles. The van der Waals surface area contributed by atoms with Gasteiger partial charge in [0.2, 0.25) is 5.91 Å². The van der Waals surface area contributed by atoms with Crippen molar-refractivity contribution in [3.05, 3.63) is 29.8 Å². The number of anilines is 1. The van der Waals surface area contributed by atoms with Gasteiger partial charge in [-0.3, -0.25) is 4.79 Å². The number of hydrogen-bond acceptors (Lipinski definition) is 2. The Morgan fingerprint density at radius 2 is 1.81 bits per heavy atom. The van der Waals surface area contributed by atoms with Crippen molar-refractivity contribution in [2.24, 2.45) is 5.41 Å². The predicted molar refractivity (Wildman–Crippen MR) is 67.5 cm³/mol. The van der Waals surface area contributed by atoms with Crippen molar-refractivity contribution in [1.82, 2.24) is 5.32 Å². The Kier molecular flexibility index (Phi) is 4.07. The van der Waals surface area contributed by atoms with E-state index in [0.717, 1.165) is 5.69 Å². The van der Waals surface area contributed by atoms with Crippen LogP contribution in [0.25, 0.3) is 0 Å². The minimum absolute atomic E-state index is 0.0331. The number of carbonyl (C=O) groups excluding carboxylic acids is 1. The van der Waals surface area contributed by atoms with Gasteiger partial charge in [0.05, 0.1) is 5.41 Å². The van der Waals surface area contributed by atoms with Crippen LogP contribution in [-0.4, -0.2) is 19.5 Å². The number of amides is 1. The summed E-state index contributed by atoms with van der Waals surface area (Å²) in [7, 11) is 1.85. The molecule has 1 aromatic rings. The Morgan fingerprint density at radius 3 is 2.31 bits per heavy atom. The molecule has 0 saturated carbocycles. The van der Waals surface area contributed by atoms with Crippen molar-refractivity contribution in [2.45, 2.75) is 20.8 Å². The van der Waals surface area contributed by atoms with Crippen LogP contribution in [0.15, 0.2) is 24.3 Å². The molecule has 0 saturated heterocycles. The minimum atomic E-state index is -0.403. The Bertz CT molecular complexity index is 355. The zero-order chi connectivity index (χ0) is 12.2. The maximum Gasteiger partial charge on any atom is 0.231 e. The molecule has 0 heterocycles. The van der Waals surface area contributed by atoms with E-state index in [-0.39, 0.29) is 5.91 Å². The van der Waals surface area contributed by atoms with Crippen LogP contribution in [0.3, 0.4) is 0 Å². The average Bonchev–Trinajstić information content (AvgIpc) is 2.21. The molecular formula is C13H20N2O. The Morgan fingerprint density at radius 1 is 1.25 bits per heavy atom. The van der Waals surface area contributed by atoms with Crippen LogP contribution in [0.4, 0.5) is 5.69 Å². The van der Waals surface area contributed by atoms with Gasteiger partial charge in [-0.15, -0.1) is 0 Å². The Hall–Kier alpha value is -1.35. The molecule has 88 valence electrons. The molecular weight excluding hydrogens is 200 g/mol. The van der Waals surface area contributed by atoms with E-state index in [1.807, 2.05) is 52.1 Å². The predicted octanol–water partition coefficient (Wildman–Crippen LogP) is 2.18. The van der Waals surface area contributed by atoms with Gasteiger partial charge in [-0.2, -0.15) is 0 Å². The zero-order valence-corrected chi connectivity index (χ0v) is 10.4. The third kappa shape index (κ3) is 3.35. The third-order valence-electron chi connectivity index (χ3n) is 2.54. The van der Waals surface area contributed by atoms with Crippen LogP contribution < -0.4 is 10.6 Å². The number of hydrogen-bond donors (Lipinski definition) is 2. The lowest BCUT2D eigenvalue weighted by Gasteiger charge is -2.23. The van der Waals surface area contributed by atoms with Gasteiger partial charge in [-0.05, 0) is 40.0 Å². The first-order valence-electron chi connectivity index (χ1n) is 5.48. The summed E-state index contributed by atoms with van der Waals surface area (Å²) in [6.45, 7) is 6.53. The summed E-state index contributed by atoms with van der Waals surface area (Å²) >= 11 is 0. The number of rotatable bonds is 4. The molecule has 16 heavy (non-hydrogen) atoms. The van der Waals surface area contributed by atoms with E-state index in [2.05, 4.69) is 10.6 Å². The van der Waals surface area contributed by atoms with E-state index in [0.29, 0.717) is 6.54 Å². The number of nitrogens with one attached hydrogen (secondary N) is 2. The van der Waals surface area contributed by atoms with Gasteiger partial charge >= 0.3 is 0 Å². The lowest BCUT2D eigenvalue weighted by atomic mass is 9.92. The van der Waals surface area contributed by atoms with Crippen LogP contribution in [0.2, 0.25) is 0 Å². The number of carbonyl (C=O) groups is 1. The molecule has 0 aliphatic rings. The maximum atomic E-state index is 12.0. The van der Waals surface area contributed by atoms with Crippen molar-refractivity contribution in [2.75, 3.05) is 18.9 Å². The smallest absolute Gasteiger partial charge is 0.231 e. The van der Waals surface area contributed by atoms with Crippen LogP contribution in [0, 0.1) is 12.3 Å². The first-order chi connectivity index (χ1) is 7.45. The average molecular weight is 220 g/mol. The molecule has 0 atom stereocenters. The van der Waals surface area contributed by atoms with Crippen molar-refractivity contribution in [3.63, 3.8) is 0 Å². The molecule has 0 aromatic heterocycles. The number of benzene rings is 1. The molecule has 0 spiro atoms. The summed E-state index contributed by atoms with van der Waals surface area (Å²) in [5, 5.41) is 5.94. The molecule has 0 radical (unpaired) electrons. The SMILES string of the molecule is CNCC(C)(C)C(=O)Nc1ccc(C)cc1. The summed E-state index contributed by atoms with van der Waals surface area (Å²) in [6, 6.07) is 7.81. The lowest BCUT2D eigenvalue weighted by molar-refractivity contribution is -0.123. The first-order valence-corrected chi connectivity index (χ1v) is 5.48. The van der Waals surface area contributed by atoms with E-state index < -0.39 is 5.41 Å². The van der Waals surface area contributed by atoms with Crippen LogP contribution in [0.5, 0.6) is 0 Å². The first kappa shape index (κ1) is 12.7. The van der Waals surface area contributed by atoms with Gasteiger partial charge in [-0.25, -0.2) is 0 Å². The minimum Gasteiger partial charge on any atom is -0.326 e. The molecule has 0 unspecified atom stereocenters. The fourth-order valence-electron chi connectivity index (χ4n) is 1.46. The molecule has 0 aliphatic carbocycles. The van der Waals surface area contributed by atoms with Gasteiger partial charge in [0.25, 0.3) is 0 Å². The van der Waals surface area contributed by atoms with E-state index in [1.165, 1.54) is 5.56 Å². The molecule has 1 rings (SSSR count). The molecule has 3 heteroatoms. The van der Waals surface area contributed by atoms with E-state index in [9.17, 15) is 4.79 Å². The summed E-state index contributed by atoms with van der Waals surface area (Å²) < 4.78 is 0. The lowest BCUT2D eigenvalue weighted by Crippen LogP contribution is -2.38. The molecule has 0 bridgehead atoms. The molecule has 0 fully saturated rings. The van der Waals surface area contributed by atoms with Crippen molar-refractivity contribution < 1.29 is 4.79 Å². The fourth-order valence-corrected chi connectivity index (χ4v) is 1.46. The quantitative estimate of drug-likeness (QED) is 0.816. The summed E-state index contributed by atoms with van der Waals surface area (Å²) in [5.41, 5.74) is 1.63. The summed E-state index contributed by atoms with van der Waals surface area (Å²) in [6.07, 6.45) is 0. The standard InChI is InChI=1S/C13H20N2O/c1-10-5-7-11(8-6-10)15-12(16)13(2,3)9-14-4/h5-8,14H,9H2,1-4H3,(H,15,16). The largest absolute Gasteiger partial charge is 0.326 e. The molecule has 1 amide bonds. The van der Waals surface area contributed by atoms with Gasteiger partial charge in [0.1, 0.15) is 0 Å². The Labute approximate surface area is 97.2 Å². The third-order valence-corrected chi connectivity index (χ3v) is 2.54. The highest BCUT2D eigenvalue weighted by Crippen LogP contribution is 2.17. The second-order valence-electron chi connectivity index (χ2n) is 4.73. The Balaban J connectivity index is 2.67. The van der Waals surface area contributed by atoms with E-state index in [4.69, 9.17) is 0 Å². The van der Waals surface area contributed by atoms with Crippen LogP contribution in [-0.2, 0) is 4.79 Å². The van der Waals surface area contributed by atoms with Gasteiger partial charge in [-0.1, -0.05) is 17.7 Å². The summed E-state index contributed by atoms with van der Waals surface area (Å²) in [4.78, 5) is 12.0. The molecule has 3 nitrogen and oxygen atoms in total. The van der Waals surface area contributed by atoms with E-state index >= 15 is 0 Å². The summed E-state index contributed by atoms with van der Waals surface area (Å²) in [5.74, 6) is 0.0331. The monoisotopic (exact) mass is 220 g/mol. The highest BCUT2D eigenvalue weighted by molar-refractivity contribution is 5.94. The second-order valence-corrected chi connectivity index (χ2v) is 4.73. The van der Waals surface area contributed by atoms with Crippen LogP contribution in [0.1, 0.15) is 19.4 Å². The van der Waals surface area contributed by atoms with Gasteiger partial charge < -0.3 is 10.6 Å². The topological polar surface area (TPSA) is 41.1 Å². The van der Waals surface area contributed by atoms with Crippen LogP contribution >= 0.6 is 0 Å². The van der Waals surface area contributed by atoms with Crippen molar-refractivity contribution in [3.8, 4) is 0 Å². The molecule has 1 aromatic carbocycles. The van der Waals surface area contributed by atoms with Crippen molar-refractivity contribution >= 4 is 11.6 Å². The second kappa shape index (κ2) is 5.12. The fraction of sp³-hybridized carbons (Fsp3) is 0.462. The van der Waals surface area contributed by atoms with E-state index in [1.54, 1.807) is 0 Å². The highest BCUT2D eigenvalue weighted by Gasteiger charge is 2.26. The number of aryl methyl sites for hydroxylation is 1. The van der Waals surface area contributed by atoms with Gasteiger partial charge in [0, 0.05) is 12.2 Å².